The monoisotopic (exact) mass is 212 g/mol. The molecule has 0 bridgehead atoms. The molecule has 0 radical (unpaired) electrons. The van der Waals surface area contributed by atoms with Crippen LogP contribution in [0.2, 0.25) is 0 Å². The molecule has 0 aromatic carbocycles. The van der Waals surface area contributed by atoms with E-state index in [4.69, 9.17) is 0 Å². The van der Waals surface area contributed by atoms with Gasteiger partial charge in [0, 0.05) is 22.5 Å². The van der Waals surface area contributed by atoms with Gasteiger partial charge in [-0.15, -0.1) is 11.3 Å². The minimum absolute atomic E-state index is 0.175. The first kappa shape index (κ1) is 11.7. The summed E-state index contributed by atoms with van der Waals surface area (Å²) in [5, 5.41) is 4.62. The van der Waals surface area contributed by atoms with Gasteiger partial charge in [-0.05, 0) is 13.5 Å². The summed E-state index contributed by atoms with van der Waals surface area (Å²) in [4.78, 5) is 5.80. The first-order valence-corrected chi connectivity index (χ1v) is 5.96. The second-order valence-corrected chi connectivity index (χ2v) is 5.66. The van der Waals surface area contributed by atoms with Crippen LogP contribution < -0.4 is 5.32 Å². The largest absolute Gasteiger partial charge is 0.310 e. The van der Waals surface area contributed by atoms with E-state index in [1.54, 1.807) is 0 Å². The zero-order chi connectivity index (χ0) is 10.8. The lowest BCUT2D eigenvalue weighted by Gasteiger charge is -2.14. The van der Waals surface area contributed by atoms with Crippen molar-refractivity contribution in [3.63, 3.8) is 0 Å². The van der Waals surface area contributed by atoms with Crippen molar-refractivity contribution in [1.29, 1.82) is 0 Å². The summed E-state index contributed by atoms with van der Waals surface area (Å²) in [7, 11) is 0. The molecule has 80 valence electrons. The highest BCUT2D eigenvalue weighted by Gasteiger charge is 2.19. The molecule has 1 heterocycles. The average Bonchev–Trinajstić information content (AvgIpc) is 2.51. The van der Waals surface area contributed by atoms with Crippen LogP contribution in [0.15, 0.2) is 6.20 Å². The molecule has 14 heavy (non-hydrogen) atoms. The van der Waals surface area contributed by atoms with Gasteiger partial charge < -0.3 is 5.32 Å². The van der Waals surface area contributed by atoms with Crippen LogP contribution in [0.5, 0.6) is 0 Å². The molecule has 0 saturated carbocycles. The molecule has 0 amide bonds. The average molecular weight is 212 g/mol. The predicted molar refractivity (Wildman–Crippen MR) is 62.9 cm³/mol. The minimum atomic E-state index is 0.175. The molecule has 1 aromatic rings. The molecule has 0 aliphatic carbocycles. The lowest BCUT2D eigenvalue weighted by Crippen LogP contribution is -2.16. The number of thiazole rings is 1. The van der Waals surface area contributed by atoms with Crippen molar-refractivity contribution in [2.75, 3.05) is 6.54 Å². The molecule has 0 saturated heterocycles. The van der Waals surface area contributed by atoms with E-state index in [1.165, 1.54) is 9.88 Å². The van der Waals surface area contributed by atoms with Gasteiger partial charge in [0.15, 0.2) is 0 Å². The van der Waals surface area contributed by atoms with Crippen LogP contribution in [-0.4, -0.2) is 11.5 Å². The highest BCUT2D eigenvalue weighted by atomic mass is 32.1. The van der Waals surface area contributed by atoms with Gasteiger partial charge in [-0.3, -0.25) is 0 Å². The molecule has 1 aromatic heterocycles. The molecule has 1 atom stereocenters. The van der Waals surface area contributed by atoms with Crippen LogP contribution in [0, 0.1) is 0 Å². The van der Waals surface area contributed by atoms with E-state index in [-0.39, 0.29) is 5.41 Å². The number of nitrogens with one attached hydrogen (secondary N) is 1. The van der Waals surface area contributed by atoms with Crippen molar-refractivity contribution in [2.24, 2.45) is 0 Å². The summed E-state index contributed by atoms with van der Waals surface area (Å²) in [6, 6.07) is 0.425. The summed E-state index contributed by atoms with van der Waals surface area (Å²) < 4.78 is 0. The highest BCUT2D eigenvalue weighted by molar-refractivity contribution is 7.11. The minimum Gasteiger partial charge on any atom is -0.310 e. The number of aromatic nitrogens is 1. The standard InChI is InChI=1S/C11H20N2S/c1-6-12-8(2)9-7-13-10(14-9)11(3,4)5/h7-8,12H,6H2,1-5H3. The molecule has 1 unspecified atom stereocenters. The first-order chi connectivity index (χ1) is 6.45. The molecular formula is C11H20N2S. The van der Waals surface area contributed by atoms with Crippen molar-refractivity contribution in [2.45, 2.75) is 46.1 Å². The first-order valence-electron chi connectivity index (χ1n) is 5.14. The second-order valence-electron chi connectivity index (χ2n) is 4.60. The Morgan fingerprint density at radius 2 is 2.14 bits per heavy atom. The Labute approximate surface area is 90.8 Å². The molecule has 0 spiro atoms. The lowest BCUT2D eigenvalue weighted by molar-refractivity contribution is 0.585. The number of hydrogen-bond donors (Lipinski definition) is 1. The zero-order valence-corrected chi connectivity index (χ0v) is 10.5. The van der Waals surface area contributed by atoms with E-state index in [0.29, 0.717) is 6.04 Å². The second kappa shape index (κ2) is 4.41. The Kier molecular flexibility index (Phi) is 3.67. The molecule has 1 rings (SSSR count). The molecule has 2 nitrogen and oxygen atoms in total. The number of rotatable bonds is 3. The fourth-order valence-corrected chi connectivity index (χ4v) is 2.24. The maximum atomic E-state index is 4.47. The van der Waals surface area contributed by atoms with Crippen molar-refractivity contribution < 1.29 is 0 Å². The Morgan fingerprint density at radius 1 is 1.50 bits per heavy atom. The zero-order valence-electron chi connectivity index (χ0n) is 9.72. The summed E-state index contributed by atoms with van der Waals surface area (Å²) in [6.07, 6.45) is 2.00. The summed E-state index contributed by atoms with van der Waals surface area (Å²) in [5.41, 5.74) is 0.175. The Balaban J connectivity index is 2.78. The van der Waals surface area contributed by atoms with Gasteiger partial charge in [-0.2, -0.15) is 0 Å². The van der Waals surface area contributed by atoms with Crippen LogP contribution in [0.4, 0.5) is 0 Å². The van der Waals surface area contributed by atoms with Crippen molar-refractivity contribution in [1.82, 2.24) is 10.3 Å². The normalized spacial score (nSPS) is 14.4. The third-order valence-electron chi connectivity index (χ3n) is 2.10. The van der Waals surface area contributed by atoms with E-state index in [1.807, 2.05) is 17.5 Å². The number of hydrogen-bond acceptors (Lipinski definition) is 3. The van der Waals surface area contributed by atoms with E-state index in [0.717, 1.165) is 6.54 Å². The van der Waals surface area contributed by atoms with Gasteiger partial charge in [-0.25, -0.2) is 4.98 Å². The van der Waals surface area contributed by atoms with Gasteiger partial charge >= 0.3 is 0 Å². The van der Waals surface area contributed by atoms with E-state index >= 15 is 0 Å². The van der Waals surface area contributed by atoms with E-state index < -0.39 is 0 Å². The van der Waals surface area contributed by atoms with Gasteiger partial charge in [0.05, 0.1) is 5.01 Å². The maximum Gasteiger partial charge on any atom is 0.0981 e. The number of nitrogens with zero attached hydrogens (tertiary/aromatic N) is 1. The SMILES string of the molecule is CCNC(C)c1cnc(C(C)(C)C)s1. The van der Waals surface area contributed by atoms with E-state index in [2.05, 4.69) is 44.9 Å². The fourth-order valence-electron chi connectivity index (χ4n) is 1.24. The van der Waals surface area contributed by atoms with Gasteiger partial charge in [0.2, 0.25) is 0 Å². The van der Waals surface area contributed by atoms with Crippen molar-refractivity contribution in [3.8, 4) is 0 Å². The molecular weight excluding hydrogens is 192 g/mol. The Hall–Kier alpha value is -0.410. The van der Waals surface area contributed by atoms with Crippen LogP contribution in [0.1, 0.15) is 50.5 Å². The lowest BCUT2D eigenvalue weighted by atomic mass is 9.98. The van der Waals surface area contributed by atoms with Gasteiger partial charge in [0.1, 0.15) is 0 Å². The molecule has 0 aliphatic heterocycles. The predicted octanol–water partition coefficient (Wildman–Crippen LogP) is 3.11. The smallest absolute Gasteiger partial charge is 0.0981 e. The fraction of sp³-hybridized carbons (Fsp3) is 0.727. The maximum absolute atomic E-state index is 4.47. The van der Waals surface area contributed by atoms with Crippen molar-refractivity contribution >= 4 is 11.3 Å². The van der Waals surface area contributed by atoms with Crippen LogP contribution in [0.25, 0.3) is 0 Å². The van der Waals surface area contributed by atoms with Crippen LogP contribution in [0.3, 0.4) is 0 Å². The highest BCUT2D eigenvalue weighted by Crippen LogP contribution is 2.29. The summed E-state index contributed by atoms with van der Waals surface area (Å²) >= 11 is 1.81. The Bertz CT molecular complexity index is 286. The molecule has 0 fully saturated rings. The molecule has 1 N–H and O–H groups in total. The topological polar surface area (TPSA) is 24.9 Å². The van der Waals surface area contributed by atoms with Crippen LogP contribution in [-0.2, 0) is 5.41 Å². The third kappa shape index (κ3) is 2.79. The van der Waals surface area contributed by atoms with Gasteiger partial charge in [0.25, 0.3) is 0 Å². The summed E-state index contributed by atoms with van der Waals surface area (Å²) in [5.74, 6) is 0. The van der Waals surface area contributed by atoms with Crippen molar-refractivity contribution in [3.05, 3.63) is 16.1 Å². The molecule has 0 aliphatic rings. The summed E-state index contributed by atoms with van der Waals surface area (Å²) in [6.45, 7) is 11.9. The quantitative estimate of drug-likeness (QED) is 0.832. The molecule has 3 heteroatoms. The third-order valence-corrected chi connectivity index (χ3v) is 3.71. The van der Waals surface area contributed by atoms with Crippen LogP contribution >= 0.6 is 11.3 Å². The van der Waals surface area contributed by atoms with E-state index in [9.17, 15) is 0 Å². The Morgan fingerprint density at radius 3 is 2.57 bits per heavy atom. The van der Waals surface area contributed by atoms with Gasteiger partial charge in [-0.1, -0.05) is 27.7 Å².